The molecular weight excluding hydrogens is 420 g/mol. The van der Waals surface area contributed by atoms with Crippen LogP contribution < -0.4 is 0 Å². The summed E-state index contributed by atoms with van der Waals surface area (Å²) in [6.07, 6.45) is 19.0. The van der Waals surface area contributed by atoms with Crippen LogP contribution in [0.3, 0.4) is 0 Å². The van der Waals surface area contributed by atoms with Gasteiger partial charge in [-0.2, -0.15) is 0 Å². The smallest absolute Gasteiger partial charge is 0.0221 e. The van der Waals surface area contributed by atoms with Gasteiger partial charge in [-0.3, -0.25) is 0 Å². The normalized spacial score (nSPS) is 13.8. The third-order valence-electron chi connectivity index (χ3n) is 8.55. The van der Waals surface area contributed by atoms with E-state index in [4.69, 9.17) is 0 Å². The van der Waals surface area contributed by atoms with E-state index in [2.05, 4.69) is 76.2 Å². The summed E-state index contributed by atoms with van der Waals surface area (Å²) in [6.45, 7) is 9.14. The summed E-state index contributed by atoms with van der Waals surface area (Å²) in [6, 6.07) is 19.3. The Morgan fingerprint density at radius 2 is 1.09 bits per heavy atom. The number of benzene rings is 3. The summed E-state index contributed by atoms with van der Waals surface area (Å²) in [4.78, 5) is 0. The van der Waals surface area contributed by atoms with Crippen molar-refractivity contribution in [1.82, 2.24) is 0 Å². The predicted octanol–water partition coefficient (Wildman–Crippen LogP) is 11.2. The monoisotopic (exact) mass is 468 g/mol. The lowest BCUT2D eigenvalue weighted by atomic mass is 9.69. The zero-order chi connectivity index (χ0) is 24.7. The van der Waals surface area contributed by atoms with Crippen LogP contribution in [0, 0.1) is 13.8 Å². The van der Waals surface area contributed by atoms with Crippen LogP contribution in [0.2, 0.25) is 0 Å². The van der Waals surface area contributed by atoms with E-state index in [-0.39, 0.29) is 5.41 Å². The zero-order valence-corrected chi connectivity index (χ0v) is 23.0. The Bertz CT molecular complexity index is 1090. The number of hydrogen-bond acceptors (Lipinski definition) is 0. The summed E-state index contributed by atoms with van der Waals surface area (Å²) in [5, 5.41) is 2.92. The first-order chi connectivity index (χ1) is 17.1. The van der Waals surface area contributed by atoms with Gasteiger partial charge in [-0.15, -0.1) is 0 Å². The molecular formula is C35H48. The van der Waals surface area contributed by atoms with Gasteiger partial charge in [-0.25, -0.2) is 0 Å². The van der Waals surface area contributed by atoms with Crippen molar-refractivity contribution in [3.05, 3.63) is 70.8 Å². The van der Waals surface area contributed by atoms with Gasteiger partial charge in [0.15, 0.2) is 0 Å². The molecule has 0 nitrogen and oxygen atoms in total. The minimum Gasteiger partial charge on any atom is -0.0654 e. The van der Waals surface area contributed by atoms with Crippen LogP contribution in [0.15, 0.2) is 48.5 Å². The van der Waals surface area contributed by atoms with Crippen molar-refractivity contribution in [2.75, 3.05) is 0 Å². The molecule has 0 fully saturated rings. The molecule has 0 radical (unpaired) electrons. The van der Waals surface area contributed by atoms with Crippen molar-refractivity contribution >= 4 is 10.8 Å². The van der Waals surface area contributed by atoms with Gasteiger partial charge >= 0.3 is 0 Å². The summed E-state index contributed by atoms with van der Waals surface area (Å²) < 4.78 is 0. The molecule has 188 valence electrons. The predicted molar refractivity (Wildman–Crippen MR) is 156 cm³/mol. The minimum absolute atomic E-state index is 0.168. The zero-order valence-electron chi connectivity index (χ0n) is 23.0. The molecule has 0 heterocycles. The highest BCUT2D eigenvalue weighted by Gasteiger charge is 2.43. The molecule has 0 N–H and O–H groups in total. The highest BCUT2D eigenvalue weighted by Crippen LogP contribution is 2.56. The lowest BCUT2D eigenvalue weighted by Crippen LogP contribution is -2.26. The van der Waals surface area contributed by atoms with Gasteiger partial charge in [0.05, 0.1) is 0 Å². The molecule has 3 aromatic carbocycles. The van der Waals surface area contributed by atoms with Gasteiger partial charge in [-0.1, -0.05) is 151 Å². The molecule has 0 aliphatic heterocycles. The topological polar surface area (TPSA) is 0 Å². The third kappa shape index (κ3) is 5.68. The number of aryl methyl sites for hydroxylation is 2. The Kier molecular flexibility index (Phi) is 9.10. The van der Waals surface area contributed by atoms with E-state index >= 15 is 0 Å². The van der Waals surface area contributed by atoms with Gasteiger partial charge in [-0.05, 0) is 59.7 Å². The van der Waals surface area contributed by atoms with E-state index in [0.29, 0.717) is 0 Å². The SMILES string of the molecule is CCCCCCCCC1(CCCCCCCC)c2cc(C)ccc2-c2ccc3cc(C)ccc3c21. The van der Waals surface area contributed by atoms with Crippen LogP contribution in [0.1, 0.15) is 126 Å². The Morgan fingerprint density at radius 1 is 0.543 bits per heavy atom. The van der Waals surface area contributed by atoms with Crippen molar-refractivity contribution in [3.8, 4) is 11.1 Å². The number of hydrogen-bond donors (Lipinski definition) is 0. The van der Waals surface area contributed by atoms with Crippen molar-refractivity contribution in [2.24, 2.45) is 0 Å². The van der Waals surface area contributed by atoms with Gasteiger partial charge in [0.1, 0.15) is 0 Å². The molecule has 4 rings (SSSR count). The van der Waals surface area contributed by atoms with Crippen LogP contribution in [-0.4, -0.2) is 0 Å². The highest BCUT2D eigenvalue weighted by molar-refractivity contribution is 5.98. The molecule has 1 aliphatic rings. The van der Waals surface area contributed by atoms with Crippen molar-refractivity contribution in [1.29, 1.82) is 0 Å². The fraction of sp³-hybridized carbons (Fsp3) is 0.543. The Morgan fingerprint density at radius 3 is 1.74 bits per heavy atom. The quantitative estimate of drug-likeness (QED) is 0.206. The molecule has 35 heavy (non-hydrogen) atoms. The van der Waals surface area contributed by atoms with Gasteiger partial charge in [0, 0.05) is 5.41 Å². The van der Waals surface area contributed by atoms with E-state index in [1.165, 1.54) is 123 Å². The summed E-state index contributed by atoms with van der Waals surface area (Å²) in [5.74, 6) is 0. The summed E-state index contributed by atoms with van der Waals surface area (Å²) in [7, 11) is 0. The van der Waals surface area contributed by atoms with Gasteiger partial charge in [0.25, 0.3) is 0 Å². The molecule has 0 saturated carbocycles. The molecule has 1 aliphatic carbocycles. The molecule has 0 bridgehead atoms. The van der Waals surface area contributed by atoms with Gasteiger partial charge < -0.3 is 0 Å². The standard InChI is InChI=1S/C35H48/c1-5-7-9-11-13-15-23-35(24-16-14-12-10-8-6-2)33-26-28(4)18-21-31(33)32-22-19-29-25-27(3)17-20-30(29)34(32)35/h17-22,25-26H,5-16,23-24H2,1-4H3. The Labute approximate surface area is 215 Å². The van der Waals surface area contributed by atoms with Crippen molar-refractivity contribution in [3.63, 3.8) is 0 Å². The van der Waals surface area contributed by atoms with Crippen LogP contribution in [0.4, 0.5) is 0 Å². The summed E-state index contributed by atoms with van der Waals surface area (Å²) in [5.41, 5.74) is 9.23. The molecule has 0 atom stereocenters. The molecule has 0 aromatic heterocycles. The Balaban J connectivity index is 1.73. The molecule has 0 saturated heterocycles. The van der Waals surface area contributed by atoms with E-state index in [0.717, 1.165) is 0 Å². The molecule has 0 heteroatoms. The second-order valence-electron chi connectivity index (χ2n) is 11.4. The first-order valence-electron chi connectivity index (χ1n) is 14.8. The summed E-state index contributed by atoms with van der Waals surface area (Å²) >= 11 is 0. The van der Waals surface area contributed by atoms with Crippen LogP contribution >= 0.6 is 0 Å². The average Bonchev–Trinajstić information content (AvgIpc) is 3.12. The second-order valence-corrected chi connectivity index (χ2v) is 11.4. The lowest BCUT2D eigenvalue weighted by molar-refractivity contribution is 0.400. The maximum atomic E-state index is 2.55. The maximum Gasteiger partial charge on any atom is 0.0221 e. The van der Waals surface area contributed by atoms with Crippen molar-refractivity contribution < 1.29 is 0 Å². The Hall–Kier alpha value is -2.08. The van der Waals surface area contributed by atoms with Crippen LogP contribution in [0.5, 0.6) is 0 Å². The second kappa shape index (κ2) is 12.2. The van der Waals surface area contributed by atoms with Crippen molar-refractivity contribution in [2.45, 2.75) is 123 Å². The molecule has 0 unspecified atom stereocenters. The highest BCUT2D eigenvalue weighted by atomic mass is 14.5. The number of fused-ring (bicyclic) bond motifs is 5. The minimum atomic E-state index is 0.168. The van der Waals surface area contributed by atoms with Crippen LogP contribution in [-0.2, 0) is 5.41 Å². The van der Waals surface area contributed by atoms with E-state index in [1.54, 1.807) is 11.1 Å². The fourth-order valence-corrected chi connectivity index (χ4v) is 6.67. The molecule has 3 aromatic rings. The maximum absolute atomic E-state index is 2.55. The first-order valence-corrected chi connectivity index (χ1v) is 14.8. The first kappa shape index (κ1) is 26.0. The van der Waals surface area contributed by atoms with E-state index in [9.17, 15) is 0 Å². The number of rotatable bonds is 14. The lowest BCUT2D eigenvalue weighted by Gasteiger charge is -2.34. The fourth-order valence-electron chi connectivity index (χ4n) is 6.67. The van der Waals surface area contributed by atoms with E-state index in [1.807, 2.05) is 0 Å². The largest absolute Gasteiger partial charge is 0.0654 e. The average molecular weight is 469 g/mol. The number of unbranched alkanes of at least 4 members (excludes halogenated alkanes) is 10. The molecule has 0 spiro atoms. The van der Waals surface area contributed by atoms with Crippen LogP contribution in [0.25, 0.3) is 21.9 Å². The third-order valence-corrected chi connectivity index (χ3v) is 8.55. The van der Waals surface area contributed by atoms with Gasteiger partial charge in [0.2, 0.25) is 0 Å². The molecule has 0 amide bonds. The van der Waals surface area contributed by atoms with E-state index < -0.39 is 0 Å².